The minimum atomic E-state index is -0.866. The zero-order chi connectivity index (χ0) is 24.1. The fourth-order valence-corrected chi connectivity index (χ4v) is 5.86. The maximum atomic E-state index is 14.2. The van der Waals surface area contributed by atoms with Crippen LogP contribution in [-0.2, 0) is 4.74 Å². The van der Waals surface area contributed by atoms with E-state index in [4.69, 9.17) is 10.00 Å². The molecule has 1 aliphatic carbocycles. The summed E-state index contributed by atoms with van der Waals surface area (Å²) in [6.07, 6.45) is 3.62. The summed E-state index contributed by atoms with van der Waals surface area (Å²) < 4.78 is 34.2. The van der Waals surface area contributed by atoms with E-state index in [1.54, 1.807) is 11.0 Å². The first-order valence-electron chi connectivity index (χ1n) is 11.8. The molecular formula is C29H22F2N2O2. The van der Waals surface area contributed by atoms with Crippen molar-refractivity contribution in [2.24, 2.45) is 0 Å². The minimum absolute atomic E-state index is 0.00973. The monoisotopic (exact) mass is 468 g/mol. The highest BCUT2D eigenvalue weighted by molar-refractivity contribution is 5.79. The first-order chi connectivity index (χ1) is 17.0. The van der Waals surface area contributed by atoms with E-state index in [9.17, 15) is 13.6 Å². The number of carbonyl (C=O) groups excluding carboxylic acids is 1. The Bertz CT molecular complexity index is 1360. The van der Waals surface area contributed by atoms with Crippen molar-refractivity contribution in [3.8, 4) is 17.2 Å². The van der Waals surface area contributed by atoms with Crippen LogP contribution in [0.4, 0.5) is 13.6 Å². The first kappa shape index (κ1) is 21.5. The molecule has 2 bridgehead atoms. The van der Waals surface area contributed by atoms with Gasteiger partial charge in [-0.05, 0) is 64.8 Å². The third kappa shape index (κ3) is 3.50. The van der Waals surface area contributed by atoms with Gasteiger partial charge in [-0.2, -0.15) is 5.26 Å². The normalized spacial score (nSPS) is 20.1. The van der Waals surface area contributed by atoms with Crippen LogP contribution in [0.5, 0.6) is 0 Å². The van der Waals surface area contributed by atoms with Gasteiger partial charge in [0.15, 0.2) is 0 Å². The molecule has 2 heterocycles. The number of nitriles is 1. The number of ether oxygens (including phenoxy) is 1. The zero-order valence-corrected chi connectivity index (χ0v) is 18.9. The highest BCUT2D eigenvalue weighted by Gasteiger charge is 2.41. The lowest BCUT2D eigenvalue weighted by Crippen LogP contribution is -2.43. The van der Waals surface area contributed by atoms with Crippen molar-refractivity contribution in [1.82, 2.24) is 4.90 Å². The Kier molecular flexibility index (Phi) is 5.14. The Morgan fingerprint density at radius 2 is 1.63 bits per heavy atom. The van der Waals surface area contributed by atoms with Gasteiger partial charge in [-0.3, -0.25) is 4.90 Å². The SMILES string of the molecule is N#Cc1c(F)cc(C2=CC3CCC(C2)N3C(=O)OCC2c3ccccc3-c3ccccc32)cc1F. The van der Waals surface area contributed by atoms with Crippen LogP contribution < -0.4 is 0 Å². The minimum Gasteiger partial charge on any atom is -0.448 e. The first-order valence-corrected chi connectivity index (χ1v) is 11.8. The van der Waals surface area contributed by atoms with Crippen molar-refractivity contribution in [1.29, 1.82) is 5.26 Å². The van der Waals surface area contributed by atoms with Crippen molar-refractivity contribution < 1.29 is 18.3 Å². The molecule has 0 radical (unpaired) electrons. The summed E-state index contributed by atoms with van der Waals surface area (Å²) in [5.74, 6) is -1.74. The van der Waals surface area contributed by atoms with E-state index in [1.165, 1.54) is 23.3 Å². The number of rotatable bonds is 3. The van der Waals surface area contributed by atoms with E-state index in [0.717, 1.165) is 29.5 Å². The summed E-state index contributed by atoms with van der Waals surface area (Å²) in [6, 6.07) is 20.1. The van der Waals surface area contributed by atoms with Crippen molar-refractivity contribution >= 4 is 11.7 Å². The summed E-state index contributed by atoms with van der Waals surface area (Å²) in [5.41, 5.74) is 5.32. The van der Waals surface area contributed by atoms with Gasteiger partial charge in [0.05, 0.1) is 6.04 Å². The van der Waals surface area contributed by atoms with Crippen LogP contribution in [-0.4, -0.2) is 29.7 Å². The van der Waals surface area contributed by atoms with Crippen LogP contribution in [0.3, 0.4) is 0 Å². The molecule has 1 saturated heterocycles. The molecule has 2 atom stereocenters. The molecule has 2 aliphatic heterocycles. The molecule has 35 heavy (non-hydrogen) atoms. The molecule has 1 fully saturated rings. The van der Waals surface area contributed by atoms with Gasteiger partial charge in [0.2, 0.25) is 0 Å². The maximum absolute atomic E-state index is 14.2. The van der Waals surface area contributed by atoms with Crippen molar-refractivity contribution in [2.75, 3.05) is 6.61 Å². The summed E-state index contributed by atoms with van der Waals surface area (Å²) in [4.78, 5) is 15.0. The molecule has 1 amide bonds. The van der Waals surface area contributed by atoms with E-state index in [-0.39, 0.29) is 30.7 Å². The number of hydrogen-bond acceptors (Lipinski definition) is 3. The number of amides is 1. The number of fused-ring (bicyclic) bond motifs is 5. The Labute approximate surface area is 202 Å². The van der Waals surface area contributed by atoms with E-state index in [0.29, 0.717) is 12.0 Å². The smallest absolute Gasteiger partial charge is 0.410 e. The Hall–Kier alpha value is -3.98. The van der Waals surface area contributed by atoms with E-state index in [2.05, 4.69) is 24.3 Å². The van der Waals surface area contributed by atoms with Gasteiger partial charge in [0, 0.05) is 12.0 Å². The number of carbonyl (C=O) groups is 1. The average molecular weight is 469 g/mol. The van der Waals surface area contributed by atoms with Crippen LogP contribution in [0.2, 0.25) is 0 Å². The molecule has 3 aromatic carbocycles. The van der Waals surface area contributed by atoms with Gasteiger partial charge in [-0.15, -0.1) is 0 Å². The lowest BCUT2D eigenvalue weighted by atomic mass is 9.94. The van der Waals surface area contributed by atoms with Gasteiger partial charge in [-0.25, -0.2) is 13.6 Å². The Morgan fingerprint density at radius 1 is 1.00 bits per heavy atom. The van der Waals surface area contributed by atoms with Gasteiger partial charge < -0.3 is 4.74 Å². The number of hydrogen-bond donors (Lipinski definition) is 0. The van der Waals surface area contributed by atoms with E-state index in [1.807, 2.05) is 30.3 Å². The second kappa shape index (κ2) is 8.35. The van der Waals surface area contributed by atoms with Gasteiger partial charge in [0.1, 0.15) is 29.9 Å². The topological polar surface area (TPSA) is 53.3 Å². The molecule has 3 aromatic rings. The van der Waals surface area contributed by atoms with Gasteiger partial charge >= 0.3 is 6.09 Å². The van der Waals surface area contributed by atoms with Crippen molar-refractivity contribution in [3.05, 3.63) is 101 Å². The molecule has 0 N–H and O–H groups in total. The standard InChI is InChI=1S/C29H22F2N2O2/c30-27-13-18(14-28(31)25(27)15-32)17-11-19-9-10-20(12-17)33(19)29(34)35-16-26-23-7-3-1-5-21(23)22-6-2-4-8-24(22)26/h1-8,11,13-14,19-20,26H,9-10,12,16H2. The molecule has 3 aliphatic rings. The molecule has 0 saturated carbocycles. The average Bonchev–Trinajstić information content (AvgIpc) is 3.33. The summed E-state index contributed by atoms with van der Waals surface area (Å²) in [5, 5.41) is 8.93. The van der Waals surface area contributed by atoms with Crippen LogP contribution in [0, 0.1) is 23.0 Å². The molecule has 2 unspecified atom stereocenters. The van der Waals surface area contributed by atoms with Crippen LogP contribution in [0.25, 0.3) is 16.7 Å². The quantitative estimate of drug-likeness (QED) is 0.447. The highest BCUT2D eigenvalue weighted by Crippen LogP contribution is 2.45. The fourth-order valence-electron chi connectivity index (χ4n) is 5.86. The van der Waals surface area contributed by atoms with Crippen molar-refractivity contribution in [2.45, 2.75) is 37.3 Å². The predicted octanol–water partition coefficient (Wildman–Crippen LogP) is 6.41. The molecule has 4 nitrogen and oxygen atoms in total. The summed E-state index contributed by atoms with van der Waals surface area (Å²) in [7, 11) is 0. The number of nitrogens with zero attached hydrogens (tertiary/aromatic N) is 2. The van der Waals surface area contributed by atoms with Crippen LogP contribution in [0.1, 0.15) is 47.4 Å². The summed E-state index contributed by atoms with van der Waals surface area (Å²) >= 11 is 0. The predicted molar refractivity (Wildman–Crippen MR) is 127 cm³/mol. The molecule has 0 spiro atoms. The second-order valence-electron chi connectivity index (χ2n) is 9.33. The molecule has 0 aromatic heterocycles. The van der Waals surface area contributed by atoms with E-state index >= 15 is 0 Å². The zero-order valence-electron chi connectivity index (χ0n) is 18.9. The lowest BCUT2D eigenvalue weighted by Gasteiger charge is -2.33. The Morgan fingerprint density at radius 3 is 2.23 bits per heavy atom. The van der Waals surface area contributed by atoms with Crippen molar-refractivity contribution in [3.63, 3.8) is 0 Å². The fraction of sp³-hybridized carbons (Fsp3) is 0.241. The number of benzene rings is 3. The third-order valence-electron chi connectivity index (χ3n) is 7.47. The third-order valence-corrected chi connectivity index (χ3v) is 7.47. The van der Waals surface area contributed by atoms with E-state index < -0.39 is 17.2 Å². The highest BCUT2D eigenvalue weighted by atomic mass is 19.1. The molecule has 6 heteroatoms. The molecule has 174 valence electrons. The maximum Gasteiger partial charge on any atom is 0.410 e. The van der Waals surface area contributed by atoms with Gasteiger partial charge in [-0.1, -0.05) is 54.6 Å². The molecule has 6 rings (SSSR count). The lowest BCUT2D eigenvalue weighted by molar-refractivity contribution is 0.0866. The van der Waals surface area contributed by atoms with Gasteiger partial charge in [0.25, 0.3) is 0 Å². The van der Waals surface area contributed by atoms with Crippen LogP contribution in [0.15, 0.2) is 66.7 Å². The van der Waals surface area contributed by atoms with Crippen LogP contribution >= 0.6 is 0 Å². The summed E-state index contributed by atoms with van der Waals surface area (Å²) in [6.45, 7) is 0.255. The second-order valence-corrected chi connectivity index (χ2v) is 9.33. The Balaban J connectivity index is 1.21. The largest absolute Gasteiger partial charge is 0.448 e. The molecular weight excluding hydrogens is 446 g/mol. The number of halogens is 2.